The maximum atomic E-state index is 12.8. The number of quaternary nitrogens is 1. The lowest BCUT2D eigenvalue weighted by Gasteiger charge is -2.34. The van der Waals surface area contributed by atoms with Gasteiger partial charge in [-0.1, -0.05) is 6.07 Å². The van der Waals surface area contributed by atoms with Crippen molar-refractivity contribution in [1.82, 2.24) is 9.21 Å². The number of rotatable bonds is 4. The first-order chi connectivity index (χ1) is 11.9. The molecule has 2 saturated heterocycles. The molecule has 25 heavy (non-hydrogen) atoms. The highest BCUT2D eigenvalue weighted by Gasteiger charge is 2.31. The van der Waals surface area contributed by atoms with Crippen molar-refractivity contribution in [2.75, 3.05) is 45.8 Å². The number of carbonyl (C=O) groups is 1. The number of hydrogen-bond donors (Lipinski definition) is 1. The number of amides is 1. The Balaban J connectivity index is 1.60. The second-order valence-electron chi connectivity index (χ2n) is 7.16. The zero-order valence-electron chi connectivity index (χ0n) is 15.1. The largest absolute Gasteiger partial charge is 0.335 e. The number of carbonyl (C=O) groups excluding carboxylic acids is 1. The summed E-state index contributed by atoms with van der Waals surface area (Å²) in [6, 6.07) is 5.26. The van der Waals surface area contributed by atoms with E-state index in [1.807, 2.05) is 24.8 Å². The molecule has 0 atom stereocenters. The van der Waals surface area contributed by atoms with Crippen molar-refractivity contribution in [2.24, 2.45) is 0 Å². The molecule has 0 unspecified atom stereocenters. The summed E-state index contributed by atoms with van der Waals surface area (Å²) in [4.78, 5) is 15.9. The minimum Gasteiger partial charge on any atom is -0.335 e. The normalized spacial score (nSPS) is 20.2. The standard InChI is InChI=1S/C18H27N3O3S/c1-15-5-6-17(13-16(15)2)25(23,24)21-11-9-20(10-12-21)18(22)14-19-7-3-4-8-19/h5-6,13H,3-4,7-12,14H2,1-2H3/p+1. The summed E-state index contributed by atoms with van der Waals surface area (Å²) in [5, 5.41) is 0. The van der Waals surface area contributed by atoms with Crippen molar-refractivity contribution in [3.05, 3.63) is 29.3 Å². The molecule has 7 heteroatoms. The van der Waals surface area contributed by atoms with Crippen LogP contribution >= 0.6 is 0 Å². The van der Waals surface area contributed by atoms with Gasteiger partial charge in [0.1, 0.15) is 0 Å². The Morgan fingerprint density at radius 3 is 2.28 bits per heavy atom. The zero-order valence-corrected chi connectivity index (χ0v) is 15.9. The Labute approximate surface area is 150 Å². The van der Waals surface area contributed by atoms with Crippen LogP contribution in [0.1, 0.15) is 24.0 Å². The average molecular weight is 367 g/mol. The summed E-state index contributed by atoms with van der Waals surface area (Å²) in [5.74, 6) is 0.153. The maximum Gasteiger partial charge on any atom is 0.277 e. The number of piperazine rings is 1. The van der Waals surface area contributed by atoms with Crippen molar-refractivity contribution >= 4 is 15.9 Å². The average Bonchev–Trinajstić information content (AvgIpc) is 3.10. The highest BCUT2D eigenvalue weighted by atomic mass is 32.2. The number of likely N-dealkylation sites (tertiary alicyclic amines) is 1. The van der Waals surface area contributed by atoms with Crippen molar-refractivity contribution in [3.8, 4) is 0 Å². The second-order valence-corrected chi connectivity index (χ2v) is 9.10. The maximum absolute atomic E-state index is 12.8. The predicted octanol–water partition coefficient (Wildman–Crippen LogP) is -0.185. The molecule has 1 aromatic carbocycles. The van der Waals surface area contributed by atoms with Gasteiger partial charge >= 0.3 is 0 Å². The van der Waals surface area contributed by atoms with E-state index >= 15 is 0 Å². The van der Waals surface area contributed by atoms with E-state index < -0.39 is 10.0 Å². The van der Waals surface area contributed by atoms with Gasteiger partial charge in [-0.15, -0.1) is 0 Å². The van der Waals surface area contributed by atoms with Gasteiger partial charge in [0.05, 0.1) is 18.0 Å². The third-order valence-corrected chi connectivity index (χ3v) is 7.31. The van der Waals surface area contributed by atoms with E-state index in [2.05, 4.69) is 0 Å². The molecule has 0 radical (unpaired) electrons. The van der Waals surface area contributed by atoms with E-state index in [9.17, 15) is 13.2 Å². The van der Waals surface area contributed by atoms with Crippen molar-refractivity contribution < 1.29 is 18.1 Å². The van der Waals surface area contributed by atoms with E-state index in [1.165, 1.54) is 22.0 Å². The second kappa shape index (κ2) is 7.43. The van der Waals surface area contributed by atoms with Crippen LogP contribution in [-0.2, 0) is 14.8 Å². The van der Waals surface area contributed by atoms with Crippen LogP contribution in [0.25, 0.3) is 0 Å². The van der Waals surface area contributed by atoms with Crippen LogP contribution < -0.4 is 4.90 Å². The summed E-state index contributed by atoms with van der Waals surface area (Å²) in [6.07, 6.45) is 2.40. The molecule has 0 saturated carbocycles. The van der Waals surface area contributed by atoms with Crippen LogP contribution in [0.15, 0.2) is 23.1 Å². The Kier molecular flexibility index (Phi) is 5.46. The smallest absolute Gasteiger partial charge is 0.277 e. The van der Waals surface area contributed by atoms with Gasteiger partial charge in [0, 0.05) is 39.0 Å². The van der Waals surface area contributed by atoms with Gasteiger partial charge in [0.2, 0.25) is 10.0 Å². The first kappa shape index (κ1) is 18.4. The molecular formula is C18H28N3O3S+. The third-order valence-electron chi connectivity index (χ3n) is 5.42. The van der Waals surface area contributed by atoms with E-state index in [0.29, 0.717) is 37.6 Å². The number of sulfonamides is 1. The lowest BCUT2D eigenvalue weighted by Crippen LogP contribution is -3.11. The van der Waals surface area contributed by atoms with Gasteiger partial charge in [-0.05, 0) is 37.1 Å². The molecule has 138 valence electrons. The first-order valence-corrected chi connectivity index (χ1v) is 10.5. The fourth-order valence-corrected chi connectivity index (χ4v) is 5.09. The fourth-order valence-electron chi connectivity index (χ4n) is 3.58. The molecule has 2 fully saturated rings. The molecule has 3 rings (SSSR count). The van der Waals surface area contributed by atoms with Crippen LogP contribution in [-0.4, -0.2) is 69.3 Å². The van der Waals surface area contributed by atoms with Crippen molar-refractivity contribution in [1.29, 1.82) is 0 Å². The number of benzene rings is 1. The molecular weight excluding hydrogens is 338 g/mol. The van der Waals surface area contributed by atoms with Crippen LogP contribution in [0.2, 0.25) is 0 Å². The molecule has 2 heterocycles. The SMILES string of the molecule is Cc1ccc(S(=O)(=O)N2CCN(C(=O)C[NH+]3CCCC3)CC2)cc1C. The number of nitrogens with zero attached hydrogens (tertiary/aromatic N) is 2. The fraction of sp³-hybridized carbons (Fsp3) is 0.611. The van der Waals surface area contributed by atoms with Crippen LogP contribution in [0.5, 0.6) is 0 Å². The lowest BCUT2D eigenvalue weighted by atomic mass is 10.1. The van der Waals surface area contributed by atoms with Gasteiger partial charge in [0.25, 0.3) is 5.91 Å². The molecule has 0 aliphatic carbocycles. The Morgan fingerprint density at radius 2 is 1.68 bits per heavy atom. The van der Waals surface area contributed by atoms with Crippen LogP contribution in [0.4, 0.5) is 0 Å². The highest BCUT2D eigenvalue weighted by Crippen LogP contribution is 2.20. The Hall–Kier alpha value is -1.44. The first-order valence-electron chi connectivity index (χ1n) is 9.06. The molecule has 2 aliphatic heterocycles. The van der Waals surface area contributed by atoms with Gasteiger partial charge in [-0.2, -0.15) is 4.31 Å². The number of aryl methyl sites for hydroxylation is 2. The molecule has 0 spiro atoms. The Morgan fingerprint density at radius 1 is 1.04 bits per heavy atom. The summed E-state index contributed by atoms with van der Waals surface area (Å²) >= 11 is 0. The molecule has 1 amide bonds. The van der Waals surface area contributed by atoms with E-state index in [4.69, 9.17) is 0 Å². The summed E-state index contributed by atoms with van der Waals surface area (Å²) in [5.41, 5.74) is 2.06. The monoisotopic (exact) mass is 366 g/mol. The van der Waals surface area contributed by atoms with E-state index in [0.717, 1.165) is 24.2 Å². The topological polar surface area (TPSA) is 62.1 Å². The zero-order chi connectivity index (χ0) is 18.0. The minimum absolute atomic E-state index is 0.153. The minimum atomic E-state index is -3.48. The Bertz CT molecular complexity index is 734. The van der Waals surface area contributed by atoms with Crippen molar-refractivity contribution in [2.45, 2.75) is 31.6 Å². The van der Waals surface area contributed by atoms with Gasteiger partial charge < -0.3 is 9.80 Å². The highest BCUT2D eigenvalue weighted by molar-refractivity contribution is 7.89. The van der Waals surface area contributed by atoms with Gasteiger partial charge in [-0.25, -0.2) is 8.42 Å². The summed E-state index contributed by atoms with van der Waals surface area (Å²) in [7, 11) is -3.48. The number of hydrogen-bond acceptors (Lipinski definition) is 3. The molecule has 1 N–H and O–H groups in total. The van der Waals surface area contributed by atoms with Crippen LogP contribution in [0, 0.1) is 13.8 Å². The predicted molar refractivity (Wildman–Crippen MR) is 96.1 cm³/mol. The molecule has 1 aromatic rings. The molecule has 2 aliphatic rings. The van der Waals surface area contributed by atoms with Crippen molar-refractivity contribution in [3.63, 3.8) is 0 Å². The molecule has 0 aromatic heterocycles. The van der Waals surface area contributed by atoms with E-state index in [-0.39, 0.29) is 5.91 Å². The lowest BCUT2D eigenvalue weighted by molar-refractivity contribution is -0.879. The van der Waals surface area contributed by atoms with E-state index in [1.54, 1.807) is 12.1 Å². The number of nitrogens with one attached hydrogen (secondary N) is 1. The third kappa shape index (κ3) is 4.04. The van der Waals surface area contributed by atoms with Crippen LogP contribution in [0.3, 0.4) is 0 Å². The van der Waals surface area contributed by atoms with Gasteiger partial charge in [0.15, 0.2) is 6.54 Å². The van der Waals surface area contributed by atoms with Gasteiger partial charge in [-0.3, -0.25) is 4.79 Å². The molecule has 6 nitrogen and oxygen atoms in total. The quantitative estimate of drug-likeness (QED) is 0.804. The molecule has 0 bridgehead atoms. The summed E-state index contributed by atoms with van der Waals surface area (Å²) in [6.45, 7) is 8.30. The summed E-state index contributed by atoms with van der Waals surface area (Å²) < 4.78 is 27.2.